The number of hydrogen-bond donors (Lipinski definition) is 1. The number of allylic oxidation sites excluding steroid dienone is 20. The maximum atomic E-state index is 12.1. The van der Waals surface area contributed by atoms with Crippen molar-refractivity contribution in [3.05, 3.63) is 122 Å². The van der Waals surface area contributed by atoms with Crippen molar-refractivity contribution in [3.63, 3.8) is 0 Å². The molecule has 1 unspecified atom stereocenters. The van der Waals surface area contributed by atoms with Gasteiger partial charge in [-0.2, -0.15) is 0 Å². The van der Waals surface area contributed by atoms with E-state index in [1.54, 1.807) is 0 Å². The third kappa shape index (κ3) is 39.1. The van der Waals surface area contributed by atoms with Crippen molar-refractivity contribution in [2.75, 3.05) is 19.8 Å². The third-order valence-corrected chi connectivity index (χ3v) is 7.28. The van der Waals surface area contributed by atoms with Crippen LogP contribution in [0.4, 0.5) is 0 Å². The lowest BCUT2D eigenvalue weighted by atomic mass is 10.1. The molecule has 0 aromatic heterocycles. The fourth-order valence-corrected chi connectivity index (χ4v) is 4.50. The lowest BCUT2D eigenvalue weighted by Crippen LogP contribution is -2.27. The van der Waals surface area contributed by atoms with Gasteiger partial charge in [0, 0.05) is 13.0 Å². The Balaban J connectivity index is 3.67. The van der Waals surface area contributed by atoms with E-state index in [4.69, 9.17) is 9.47 Å². The molecule has 0 aliphatic rings. The summed E-state index contributed by atoms with van der Waals surface area (Å²) in [7, 11) is 0. The molecule has 0 bridgehead atoms. The standard InChI is InChI=1S/C45H70O4/c1-3-5-7-9-11-13-15-17-19-21-22-23-25-27-29-31-33-35-37-39-41-48-43-44(42-46)49-45(47)40-38-36-34-32-30-28-26-24-20-18-16-14-12-10-8-6-4-2/h5-8,11-14,17-20,22-23,26-29,32,34,44,46H,3-4,9-10,15-16,21,24-25,30-31,33,35-43H2,1-2H3/b7-5-,8-6-,13-11-,14-12-,19-17-,20-18-,23-22-,28-26-,29-27-,34-32-. The maximum Gasteiger partial charge on any atom is 0.306 e. The highest BCUT2D eigenvalue weighted by Gasteiger charge is 2.13. The van der Waals surface area contributed by atoms with Crippen LogP contribution in [0, 0.1) is 0 Å². The molecule has 0 spiro atoms. The Morgan fingerprint density at radius 3 is 1.27 bits per heavy atom. The molecule has 0 aromatic rings. The van der Waals surface area contributed by atoms with Crippen molar-refractivity contribution in [1.29, 1.82) is 0 Å². The van der Waals surface area contributed by atoms with E-state index in [-0.39, 0.29) is 19.2 Å². The number of esters is 1. The zero-order valence-electron chi connectivity index (χ0n) is 31.1. The van der Waals surface area contributed by atoms with Gasteiger partial charge in [0.25, 0.3) is 0 Å². The van der Waals surface area contributed by atoms with Gasteiger partial charge in [0.05, 0.1) is 13.2 Å². The SMILES string of the molecule is CC/C=C\C/C=C\C/C=C\C/C=C\C/C=C\CCCCCCOCC(CO)OC(=O)CCC/C=C\C/C=C\C/C=C\C/C=C\C/C=C\CC. The second kappa shape index (κ2) is 41.0. The van der Waals surface area contributed by atoms with Crippen molar-refractivity contribution < 1.29 is 19.4 Å². The second-order valence-corrected chi connectivity index (χ2v) is 11.9. The molecule has 1 N–H and O–H groups in total. The Labute approximate surface area is 301 Å². The average Bonchev–Trinajstić information content (AvgIpc) is 3.11. The molecule has 0 aliphatic carbocycles. The van der Waals surface area contributed by atoms with E-state index >= 15 is 0 Å². The predicted molar refractivity (Wildman–Crippen MR) is 214 cm³/mol. The number of carbonyl (C=O) groups is 1. The minimum atomic E-state index is -0.587. The first-order valence-electron chi connectivity index (χ1n) is 19.1. The van der Waals surface area contributed by atoms with Crippen LogP contribution in [0.25, 0.3) is 0 Å². The van der Waals surface area contributed by atoms with Crippen LogP contribution in [0.1, 0.15) is 129 Å². The molecule has 0 heterocycles. The summed E-state index contributed by atoms with van der Waals surface area (Å²) in [5, 5.41) is 9.57. The normalized spacial score (nSPS) is 13.8. The molecule has 274 valence electrons. The lowest BCUT2D eigenvalue weighted by molar-refractivity contribution is -0.154. The molecular formula is C45H70O4. The van der Waals surface area contributed by atoms with Gasteiger partial charge in [0.1, 0.15) is 6.10 Å². The number of aliphatic hydroxyl groups is 1. The number of ether oxygens (including phenoxy) is 2. The fourth-order valence-electron chi connectivity index (χ4n) is 4.50. The number of hydrogen-bond acceptors (Lipinski definition) is 4. The lowest BCUT2D eigenvalue weighted by Gasteiger charge is -2.15. The zero-order chi connectivity index (χ0) is 35.6. The quantitative estimate of drug-likeness (QED) is 0.0428. The second-order valence-electron chi connectivity index (χ2n) is 11.9. The minimum Gasteiger partial charge on any atom is -0.457 e. The number of aliphatic hydroxyl groups excluding tert-OH is 1. The summed E-state index contributed by atoms with van der Waals surface area (Å²) in [6.45, 7) is 4.96. The molecule has 4 nitrogen and oxygen atoms in total. The van der Waals surface area contributed by atoms with E-state index < -0.39 is 6.10 Å². The molecule has 0 saturated heterocycles. The minimum absolute atomic E-state index is 0.215. The molecule has 0 amide bonds. The van der Waals surface area contributed by atoms with Crippen LogP contribution in [0.3, 0.4) is 0 Å². The predicted octanol–water partition coefficient (Wildman–Crippen LogP) is 12.5. The van der Waals surface area contributed by atoms with Crippen molar-refractivity contribution in [2.24, 2.45) is 0 Å². The molecule has 0 saturated carbocycles. The molecule has 1 atom stereocenters. The van der Waals surface area contributed by atoms with Gasteiger partial charge in [-0.1, -0.05) is 148 Å². The topological polar surface area (TPSA) is 55.8 Å². The van der Waals surface area contributed by atoms with Crippen LogP contribution < -0.4 is 0 Å². The molecule has 4 heteroatoms. The van der Waals surface area contributed by atoms with Crippen molar-refractivity contribution in [2.45, 2.75) is 136 Å². The number of rotatable bonds is 33. The van der Waals surface area contributed by atoms with E-state index in [1.807, 2.05) is 0 Å². The van der Waals surface area contributed by atoms with Crippen molar-refractivity contribution in [3.8, 4) is 0 Å². The summed E-state index contributed by atoms with van der Waals surface area (Å²) in [6, 6.07) is 0. The van der Waals surface area contributed by atoms with E-state index in [0.717, 1.165) is 96.3 Å². The van der Waals surface area contributed by atoms with Crippen LogP contribution in [-0.2, 0) is 14.3 Å². The third-order valence-electron chi connectivity index (χ3n) is 7.28. The first kappa shape index (κ1) is 45.8. The molecule has 0 aromatic carbocycles. The van der Waals surface area contributed by atoms with Gasteiger partial charge in [-0.05, 0) is 96.3 Å². The monoisotopic (exact) mass is 675 g/mol. The summed E-state index contributed by atoms with van der Waals surface area (Å²) in [5.41, 5.74) is 0. The largest absolute Gasteiger partial charge is 0.457 e. The Hall–Kier alpha value is -3.21. The van der Waals surface area contributed by atoms with Gasteiger partial charge in [0.15, 0.2) is 0 Å². The summed E-state index contributed by atoms with van der Waals surface area (Å²) in [5.74, 6) is -0.273. The summed E-state index contributed by atoms with van der Waals surface area (Å²) in [6.07, 6.45) is 61.0. The van der Waals surface area contributed by atoms with Gasteiger partial charge in [-0.3, -0.25) is 4.79 Å². The Morgan fingerprint density at radius 2 is 0.857 bits per heavy atom. The number of unbranched alkanes of at least 4 members (excludes halogenated alkanes) is 5. The van der Waals surface area contributed by atoms with Crippen molar-refractivity contribution >= 4 is 5.97 Å². The molecule has 0 aliphatic heterocycles. The average molecular weight is 675 g/mol. The molecule has 0 radical (unpaired) electrons. The summed E-state index contributed by atoms with van der Waals surface area (Å²) in [4.78, 5) is 12.1. The highest BCUT2D eigenvalue weighted by atomic mass is 16.6. The van der Waals surface area contributed by atoms with Gasteiger partial charge >= 0.3 is 5.97 Å². The van der Waals surface area contributed by atoms with Gasteiger partial charge in [-0.15, -0.1) is 0 Å². The zero-order valence-corrected chi connectivity index (χ0v) is 31.1. The van der Waals surface area contributed by atoms with Crippen LogP contribution >= 0.6 is 0 Å². The molecule has 49 heavy (non-hydrogen) atoms. The van der Waals surface area contributed by atoms with Gasteiger partial charge < -0.3 is 14.6 Å². The highest BCUT2D eigenvalue weighted by molar-refractivity contribution is 5.69. The Kier molecular flexibility index (Phi) is 38.3. The summed E-state index contributed by atoms with van der Waals surface area (Å²) >= 11 is 0. The Morgan fingerprint density at radius 1 is 0.490 bits per heavy atom. The first-order chi connectivity index (χ1) is 24.2. The van der Waals surface area contributed by atoms with E-state index in [9.17, 15) is 9.90 Å². The fraction of sp³-hybridized carbons (Fsp3) is 0.533. The smallest absolute Gasteiger partial charge is 0.306 e. The van der Waals surface area contributed by atoms with E-state index in [2.05, 4.69) is 135 Å². The van der Waals surface area contributed by atoms with E-state index in [0.29, 0.717) is 13.0 Å². The molecule has 0 rings (SSSR count). The molecular weight excluding hydrogens is 604 g/mol. The Bertz CT molecular complexity index is 1020. The molecule has 0 fully saturated rings. The van der Waals surface area contributed by atoms with E-state index in [1.165, 1.54) is 12.8 Å². The van der Waals surface area contributed by atoms with Crippen molar-refractivity contribution in [1.82, 2.24) is 0 Å². The van der Waals surface area contributed by atoms with Crippen LogP contribution in [-0.4, -0.2) is 37.0 Å². The van der Waals surface area contributed by atoms with Crippen LogP contribution in [0.2, 0.25) is 0 Å². The summed E-state index contributed by atoms with van der Waals surface area (Å²) < 4.78 is 11.1. The maximum absolute atomic E-state index is 12.1. The van der Waals surface area contributed by atoms with Gasteiger partial charge in [-0.25, -0.2) is 0 Å². The highest BCUT2D eigenvalue weighted by Crippen LogP contribution is 2.07. The van der Waals surface area contributed by atoms with Crippen LogP contribution in [0.5, 0.6) is 0 Å². The first-order valence-corrected chi connectivity index (χ1v) is 19.1. The van der Waals surface area contributed by atoms with Crippen LogP contribution in [0.15, 0.2) is 122 Å². The number of carbonyl (C=O) groups excluding carboxylic acids is 1. The van der Waals surface area contributed by atoms with Gasteiger partial charge in [0.2, 0.25) is 0 Å².